The van der Waals surface area contributed by atoms with Gasteiger partial charge in [-0.2, -0.15) is 0 Å². The zero-order chi connectivity index (χ0) is 15.4. The lowest BCUT2D eigenvalue weighted by Gasteiger charge is -2.29. The minimum Gasteiger partial charge on any atom is -0.356 e. The SMILES string of the molecule is CCCCC1CCC(CNC(=O)C2CC23CCNCC3)CC1.Cl. The van der Waals surface area contributed by atoms with E-state index in [1.54, 1.807) is 0 Å². The second-order valence-electron chi connectivity index (χ2n) is 8.14. The van der Waals surface area contributed by atoms with Gasteiger partial charge in [0.15, 0.2) is 0 Å². The number of rotatable bonds is 6. The van der Waals surface area contributed by atoms with Gasteiger partial charge in [-0.1, -0.05) is 39.0 Å². The Bertz CT molecular complexity index is 374. The third-order valence-electron chi connectivity index (χ3n) is 6.60. The number of amides is 1. The largest absolute Gasteiger partial charge is 0.356 e. The van der Waals surface area contributed by atoms with E-state index in [4.69, 9.17) is 0 Å². The van der Waals surface area contributed by atoms with E-state index >= 15 is 0 Å². The summed E-state index contributed by atoms with van der Waals surface area (Å²) in [5.74, 6) is 2.39. The van der Waals surface area contributed by atoms with Crippen LogP contribution in [0, 0.1) is 23.2 Å². The monoisotopic (exact) mass is 342 g/mol. The van der Waals surface area contributed by atoms with E-state index in [1.807, 2.05) is 0 Å². The molecular formula is C19H35ClN2O. The summed E-state index contributed by atoms with van der Waals surface area (Å²) >= 11 is 0. The predicted octanol–water partition coefficient (Wildman–Crippen LogP) is 3.91. The molecule has 3 fully saturated rings. The lowest BCUT2D eigenvalue weighted by molar-refractivity contribution is -0.123. The van der Waals surface area contributed by atoms with Crippen molar-refractivity contribution in [3.8, 4) is 0 Å². The molecular weight excluding hydrogens is 308 g/mol. The van der Waals surface area contributed by atoms with E-state index < -0.39 is 0 Å². The molecule has 2 aliphatic carbocycles. The van der Waals surface area contributed by atoms with Gasteiger partial charge in [0.2, 0.25) is 5.91 Å². The molecule has 0 aromatic heterocycles. The highest BCUT2D eigenvalue weighted by molar-refractivity contribution is 5.85. The van der Waals surface area contributed by atoms with E-state index in [0.717, 1.165) is 37.9 Å². The van der Waals surface area contributed by atoms with Crippen molar-refractivity contribution in [1.82, 2.24) is 10.6 Å². The van der Waals surface area contributed by atoms with Crippen molar-refractivity contribution in [3.05, 3.63) is 0 Å². The molecule has 3 rings (SSSR count). The molecule has 2 saturated carbocycles. The number of carbonyl (C=O) groups is 1. The molecule has 3 aliphatic rings. The Kier molecular flexibility index (Phi) is 7.21. The van der Waals surface area contributed by atoms with Crippen LogP contribution in [0.1, 0.15) is 71.1 Å². The topological polar surface area (TPSA) is 41.1 Å². The lowest BCUT2D eigenvalue weighted by Crippen LogP contribution is -2.36. The van der Waals surface area contributed by atoms with Gasteiger partial charge in [0.05, 0.1) is 0 Å². The molecule has 23 heavy (non-hydrogen) atoms. The Labute approximate surface area is 148 Å². The van der Waals surface area contributed by atoms with Gasteiger partial charge in [-0.25, -0.2) is 0 Å². The summed E-state index contributed by atoms with van der Waals surface area (Å²) in [6.45, 7) is 5.43. The number of piperidine rings is 1. The van der Waals surface area contributed by atoms with Crippen LogP contribution in [0.4, 0.5) is 0 Å². The molecule has 1 saturated heterocycles. The summed E-state index contributed by atoms with van der Waals surface area (Å²) in [5.41, 5.74) is 0.382. The minimum absolute atomic E-state index is 0. The molecule has 4 heteroatoms. The standard InChI is InChI=1S/C19H34N2O.ClH/c1-2-3-4-15-5-7-16(8-6-15)14-21-18(22)17-13-19(17)9-11-20-12-10-19;/h15-17,20H,2-14H2,1H3,(H,21,22);1H. The summed E-state index contributed by atoms with van der Waals surface area (Å²) in [5, 5.41) is 6.69. The van der Waals surface area contributed by atoms with E-state index in [-0.39, 0.29) is 12.4 Å². The van der Waals surface area contributed by atoms with Gasteiger partial charge < -0.3 is 10.6 Å². The summed E-state index contributed by atoms with van der Waals surface area (Å²) in [4.78, 5) is 12.4. The van der Waals surface area contributed by atoms with Crippen LogP contribution >= 0.6 is 12.4 Å². The highest BCUT2D eigenvalue weighted by Gasteiger charge is 2.57. The first kappa shape index (κ1) is 19.1. The highest BCUT2D eigenvalue weighted by atomic mass is 35.5. The summed E-state index contributed by atoms with van der Waals surface area (Å²) in [6.07, 6.45) is 13.1. The molecule has 1 heterocycles. The zero-order valence-corrected chi connectivity index (χ0v) is 15.6. The molecule has 1 amide bonds. The number of carbonyl (C=O) groups excluding carboxylic acids is 1. The third kappa shape index (κ3) is 4.85. The van der Waals surface area contributed by atoms with Crippen molar-refractivity contribution in [3.63, 3.8) is 0 Å². The van der Waals surface area contributed by atoms with Gasteiger partial charge in [0.25, 0.3) is 0 Å². The second-order valence-corrected chi connectivity index (χ2v) is 8.14. The number of hydrogen-bond donors (Lipinski definition) is 2. The summed E-state index contributed by atoms with van der Waals surface area (Å²) < 4.78 is 0. The van der Waals surface area contributed by atoms with Crippen LogP contribution in [0.2, 0.25) is 0 Å². The Morgan fingerprint density at radius 2 is 1.78 bits per heavy atom. The first-order chi connectivity index (χ1) is 10.7. The number of hydrogen-bond acceptors (Lipinski definition) is 2. The molecule has 2 N–H and O–H groups in total. The van der Waals surface area contributed by atoms with Gasteiger partial charge in [0.1, 0.15) is 0 Å². The van der Waals surface area contributed by atoms with E-state index in [0.29, 0.717) is 17.2 Å². The third-order valence-corrected chi connectivity index (χ3v) is 6.60. The Balaban J connectivity index is 0.00000192. The molecule has 1 unspecified atom stereocenters. The first-order valence-corrected chi connectivity index (χ1v) is 9.72. The van der Waals surface area contributed by atoms with Gasteiger partial charge in [0, 0.05) is 12.5 Å². The van der Waals surface area contributed by atoms with Crippen LogP contribution in [-0.4, -0.2) is 25.5 Å². The van der Waals surface area contributed by atoms with Gasteiger partial charge in [-0.15, -0.1) is 12.4 Å². The van der Waals surface area contributed by atoms with Crippen molar-refractivity contribution < 1.29 is 4.79 Å². The Morgan fingerprint density at radius 3 is 2.43 bits per heavy atom. The fourth-order valence-corrected chi connectivity index (χ4v) is 4.78. The zero-order valence-electron chi connectivity index (χ0n) is 14.7. The molecule has 3 nitrogen and oxygen atoms in total. The van der Waals surface area contributed by atoms with E-state index in [9.17, 15) is 4.79 Å². The normalized spacial score (nSPS) is 32.1. The van der Waals surface area contributed by atoms with Crippen molar-refractivity contribution in [2.24, 2.45) is 23.2 Å². The Morgan fingerprint density at radius 1 is 1.13 bits per heavy atom. The average Bonchev–Trinajstić information content (AvgIpc) is 3.25. The van der Waals surface area contributed by atoms with Gasteiger partial charge >= 0.3 is 0 Å². The van der Waals surface area contributed by atoms with E-state index in [1.165, 1.54) is 57.8 Å². The van der Waals surface area contributed by atoms with Gasteiger partial charge in [-0.05, 0) is 62.4 Å². The maximum absolute atomic E-state index is 12.4. The van der Waals surface area contributed by atoms with Crippen molar-refractivity contribution in [1.29, 1.82) is 0 Å². The predicted molar refractivity (Wildman–Crippen MR) is 97.9 cm³/mol. The molecule has 0 bridgehead atoms. The van der Waals surface area contributed by atoms with E-state index in [2.05, 4.69) is 17.6 Å². The average molecular weight is 343 g/mol. The van der Waals surface area contributed by atoms with Crippen molar-refractivity contribution in [2.75, 3.05) is 19.6 Å². The maximum atomic E-state index is 12.4. The van der Waals surface area contributed by atoms with Crippen LogP contribution in [0.25, 0.3) is 0 Å². The first-order valence-electron chi connectivity index (χ1n) is 9.72. The minimum atomic E-state index is 0. The maximum Gasteiger partial charge on any atom is 0.223 e. The molecule has 0 aromatic carbocycles. The number of halogens is 1. The van der Waals surface area contributed by atoms with Gasteiger partial charge in [-0.3, -0.25) is 4.79 Å². The number of nitrogens with one attached hydrogen (secondary N) is 2. The van der Waals surface area contributed by atoms with Crippen LogP contribution in [-0.2, 0) is 4.79 Å². The second kappa shape index (κ2) is 8.71. The van der Waals surface area contributed by atoms with Crippen LogP contribution in [0.5, 0.6) is 0 Å². The number of unbranched alkanes of at least 4 members (excludes halogenated alkanes) is 1. The molecule has 0 radical (unpaired) electrons. The molecule has 1 aliphatic heterocycles. The molecule has 1 spiro atoms. The summed E-state index contributed by atoms with van der Waals surface area (Å²) in [7, 11) is 0. The molecule has 0 aromatic rings. The highest BCUT2D eigenvalue weighted by Crippen LogP contribution is 2.58. The molecule has 1 atom stereocenters. The lowest BCUT2D eigenvalue weighted by atomic mass is 9.80. The molecule has 134 valence electrons. The quantitative estimate of drug-likeness (QED) is 0.768. The fourth-order valence-electron chi connectivity index (χ4n) is 4.78. The van der Waals surface area contributed by atoms with Crippen molar-refractivity contribution >= 4 is 18.3 Å². The van der Waals surface area contributed by atoms with Crippen LogP contribution < -0.4 is 10.6 Å². The van der Waals surface area contributed by atoms with Crippen molar-refractivity contribution in [2.45, 2.75) is 71.1 Å². The van der Waals surface area contributed by atoms with Crippen LogP contribution in [0.3, 0.4) is 0 Å². The van der Waals surface area contributed by atoms with Crippen LogP contribution in [0.15, 0.2) is 0 Å². The smallest absolute Gasteiger partial charge is 0.223 e. The Hall–Kier alpha value is -0.280. The fraction of sp³-hybridized carbons (Fsp3) is 0.947. The summed E-state index contributed by atoms with van der Waals surface area (Å²) in [6, 6.07) is 0.